The van der Waals surface area contributed by atoms with E-state index in [1.54, 1.807) is 0 Å². The van der Waals surface area contributed by atoms with Gasteiger partial charge in [0, 0.05) is 31.7 Å². The third-order valence-electron chi connectivity index (χ3n) is 3.66. The van der Waals surface area contributed by atoms with Gasteiger partial charge in [-0.3, -0.25) is 9.69 Å². The monoisotopic (exact) mass is 243 g/mol. The predicted molar refractivity (Wildman–Crippen MR) is 67.8 cm³/mol. The van der Waals surface area contributed by atoms with Crippen molar-refractivity contribution in [3.63, 3.8) is 0 Å². The van der Waals surface area contributed by atoms with E-state index in [1.165, 1.54) is 7.11 Å². The molecule has 5 nitrogen and oxygen atoms in total. The van der Waals surface area contributed by atoms with E-state index in [9.17, 15) is 4.79 Å². The fourth-order valence-corrected chi connectivity index (χ4v) is 2.12. The highest BCUT2D eigenvalue weighted by atomic mass is 16.5. The maximum atomic E-state index is 11.2. The second kappa shape index (κ2) is 5.80. The highest BCUT2D eigenvalue weighted by Gasteiger charge is 2.31. The van der Waals surface area contributed by atoms with E-state index in [1.807, 2.05) is 0 Å². The fraction of sp³-hybridized carbons (Fsp3) is 0.917. The second-order valence-electron chi connectivity index (χ2n) is 5.43. The number of rotatable bonds is 4. The van der Waals surface area contributed by atoms with Gasteiger partial charge in [0.15, 0.2) is 0 Å². The van der Waals surface area contributed by atoms with Gasteiger partial charge in [0.2, 0.25) is 0 Å². The smallest absolute Gasteiger partial charge is 0.322 e. The molecule has 1 unspecified atom stereocenters. The van der Waals surface area contributed by atoms with E-state index >= 15 is 0 Å². The Bertz CT molecular complexity index is 268. The lowest BCUT2D eigenvalue weighted by atomic mass is 9.99. The summed E-state index contributed by atoms with van der Waals surface area (Å²) in [6.07, 6.45) is 0.659. The molecule has 5 heteroatoms. The van der Waals surface area contributed by atoms with Gasteiger partial charge in [-0.25, -0.2) is 0 Å². The van der Waals surface area contributed by atoms with Crippen molar-refractivity contribution in [1.29, 1.82) is 0 Å². The Kier molecular flexibility index (Phi) is 4.91. The predicted octanol–water partition coefficient (Wildman–Crippen LogP) is -0.0972. The van der Waals surface area contributed by atoms with Crippen molar-refractivity contribution in [1.82, 2.24) is 9.80 Å². The molecule has 1 heterocycles. The molecule has 0 aromatic heterocycles. The molecule has 17 heavy (non-hydrogen) atoms. The minimum absolute atomic E-state index is 0.188. The van der Waals surface area contributed by atoms with Crippen LogP contribution in [0.1, 0.15) is 20.3 Å². The molecule has 0 bridgehead atoms. The standard InChI is InChI=1S/C12H25N3O2/c1-12(2)9-15(8-7-14(12)3)6-5-10(13)11(16)17-4/h10H,5-9,13H2,1-4H3. The van der Waals surface area contributed by atoms with Crippen LogP contribution in [-0.2, 0) is 9.53 Å². The van der Waals surface area contributed by atoms with Crippen molar-refractivity contribution in [2.75, 3.05) is 40.3 Å². The molecular formula is C12H25N3O2. The van der Waals surface area contributed by atoms with Crippen molar-refractivity contribution < 1.29 is 9.53 Å². The molecule has 0 saturated carbocycles. The molecular weight excluding hydrogens is 218 g/mol. The maximum Gasteiger partial charge on any atom is 0.322 e. The third-order valence-corrected chi connectivity index (χ3v) is 3.66. The number of methoxy groups -OCH3 is 1. The zero-order chi connectivity index (χ0) is 13.1. The van der Waals surface area contributed by atoms with Crippen LogP contribution >= 0.6 is 0 Å². The summed E-state index contributed by atoms with van der Waals surface area (Å²) in [7, 11) is 3.53. The number of hydrogen-bond donors (Lipinski definition) is 1. The first-order valence-electron chi connectivity index (χ1n) is 6.14. The summed E-state index contributed by atoms with van der Waals surface area (Å²) < 4.78 is 4.62. The van der Waals surface area contributed by atoms with Crippen molar-refractivity contribution in [3.8, 4) is 0 Å². The molecule has 0 aliphatic carbocycles. The fourth-order valence-electron chi connectivity index (χ4n) is 2.12. The summed E-state index contributed by atoms with van der Waals surface area (Å²) >= 11 is 0. The van der Waals surface area contributed by atoms with Gasteiger partial charge < -0.3 is 15.4 Å². The average molecular weight is 243 g/mol. The number of esters is 1. The quantitative estimate of drug-likeness (QED) is 0.699. The topological polar surface area (TPSA) is 58.8 Å². The molecule has 1 rings (SSSR count). The molecule has 2 N–H and O–H groups in total. The molecule has 0 aromatic carbocycles. The minimum Gasteiger partial charge on any atom is -0.468 e. The van der Waals surface area contributed by atoms with Gasteiger partial charge in [0.1, 0.15) is 6.04 Å². The summed E-state index contributed by atoms with van der Waals surface area (Å²) in [5, 5.41) is 0. The Balaban J connectivity index is 2.36. The van der Waals surface area contributed by atoms with E-state index in [4.69, 9.17) is 5.73 Å². The number of hydrogen-bond acceptors (Lipinski definition) is 5. The van der Waals surface area contributed by atoms with Crippen LogP contribution in [0.5, 0.6) is 0 Å². The van der Waals surface area contributed by atoms with Crippen molar-refractivity contribution >= 4 is 5.97 Å². The second-order valence-corrected chi connectivity index (χ2v) is 5.43. The number of carbonyl (C=O) groups is 1. The van der Waals surface area contributed by atoms with Crippen LogP contribution in [0.25, 0.3) is 0 Å². The number of nitrogens with zero attached hydrogens (tertiary/aromatic N) is 2. The maximum absolute atomic E-state index is 11.2. The van der Waals surface area contributed by atoms with Crippen LogP contribution in [0, 0.1) is 0 Å². The molecule has 1 aliphatic heterocycles. The molecule has 0 radical (unpaired) electrons. The highest BCUT2D eigenvalue weighted by molar-refractivity contribution is 5.75. The first kappa shape index (κ1) is 14.4. The lowest BCUT2D eigenvalue weighted by molar-refractivity contribution is -0.142. The van der Waals surface area contributed by atoms with Gasteiger partial charge in [-0.05, 0) is 27.3 Å². The molecule has 1 fully saturated rings. The Morgan fingerprint density at radius 3 is 2.65 bits per heavy atom. The molecule has 1 aliphatic rings. The molecule has 1 saturated heterocycles. The molecule has 0 aromatic rings. The van der Waals surface area contributed by atoms with Crippen LogP contribution in [0.4, 0.5) is 0 Å². The van der Waals surface area contributed by atoms with E-state index < -0.39 is 6.04 Å². The zero-order valence-electron chi connectivity index (χ0n) is 11.4. The molecule has 0 amide bonds. The Morgan fingerprint density at radius 1 is 1.47 bits per heavy atom. The van der Waals surface area contributed by atoms with Gasteiger partial charge in [-0.1, -0.05) is 0 Å². The Morgan fingerprint density at radius 2 is 2.12 bits per heavy atom. The van der Waals surface area contributed by atoms with Crippen LogP contribution in [0.15, 0.2) is 0 Å². The summed E-state index contributed by atoms with van der Waals surface area (Å²) in [5.74, 6) is -0.321. The minimum atomic E-state index is -0.497. The number of piperazine rings is 1. The van der Waals surface area contributed by atoms with Gasteiger partial charge >= 0.3 is 5.97 Å². The van der Waals surface area contributed by atoms with E-state index in [2.05, 4.69) is 35.4 Å². The average Bonchev–Trinajstić information content (AvgIpc) is 2.29. The van der Waals surface area contributed by atoms with E-state index in [-0.39, 0.29) is 11.5 Å². The largest absolute Gasteiger partial charge is 0.468 e. The van der Waals surface area contributed by atoms with E-state index in [0.717, 1.165) is 26.2 Å². The summed E-state index contributed by atoms with van der Waals surface area (Å²) in [6.45, 7) is 8.43. The van der Waals surface area contributed by atoms with Crippen molar-refractivity contribution in [2.24, 2.45) is 5.73 Å². The number of nitrogens with two attached hydrogens (primary N) is 1. The normalized spacial score (nSPS) is 23.4. The van der Waals surface area contributed by atoms with Gasteiger partial charge in [0.05, 0.1) is 7.11 Å². The zero-order valence-corrected chi connectivity index (χ0v) is 11.4. The van der Waals surface area contributed by atoms with Crippen LogP contribution in [0.2, 0.25) is 0 Å². The summed E-state index contributed by atoms with van der Waals surface area (Å²) in [6, 6.07) is -0.497. The van der Waals surface area contributed by atoms with Crippen molar-refractivity contribution in [2.45, 2.75) is 31.8 Å². The molecule has 1 atom stereocenters. The molecule has 0 spiro atoms. The van der Waals surface area contributed by atoms with Gasteiger partial charge in [0.25, 0.3) is 0 Å². The lowest BCUT2D eigenvalue weighted by Gasteiger charge is -2.45. The first-order valence-corrected chi connectivity index (χ1v) is 6.14. The summed E-state index contributed by atoms with van der Waals surface area (Å²) in [5.41, 5.74) is 5.92. The lowest BCUT2D eigenvalue weighted by Crippen LogP contribution is -2.58. The number of ether oxygens (including phenoxy) is 1. The van der Waals surface area contributed by atoms with Crippen LogP contribution in [0.3, 0.4) is 0 Å². The third kappa shape index (κ3) is 3.94. The Labute approximate surface area is 104 Å². The number of carbonyl (C=O) groups excluding carboxylic acids is 1. The van der Waals surface area contributed by atoms with Crippen molar-refractivity contribution in [3.05, 3.63) is 0 Å². The van der Waals surface area contributed by atoms with Gasteiger partial charge in [-0.2, -0.15) is 0 Å². The number of likely N-dealkylation sites (N-methyl/N-ethyl adjacent to an activating group) is 1. The van der Waals surface area contributed by atoms with E-state index in [0.29, 0.717) is 6.42 Å². The van der Waals surface area contributed by atoms with Crippen LogP contribution < -0.4 is 5.73 Å². The highest BCUT2D eigenvalue weighted by Crippen LogP contribution is 2.18. The Hall–Kier alpha value is -0.650. The SMILES string of the molecule is COC(=O)C(N)CCN1CCN(C)C(C)(C)C1. The van der Waals surface area contributed by atoms with Crippen LogP contribution in [-0.4, -0.2) is 67.7 Å². The first-order chi connectivity index (χ1) is 7.86. The summed E-state index contributed by atoms with van der Waals surface area (Å²) in [4.78, 5) is 15.9. The van der Waals surface area contributed by atoms with Gasteiger partial charge in [-0.15, -0.1) is 0 Å². The molecule has 100 valence electrons.